The van der Waals surface area contributed by atoms with Crippen molar-refractivity contribution >= 4 is 11.8 Å². The molecule has 0 aliphatic rings. The van der Waals surface area contributed by atoms with Crippen molar-refractivity contribution in [2.24, 2.45) is 0 Å². The van der Waals surface area contributed by atoms with Crippen LogP contribution in [0.4, 0.5) is 4.39 Å². The van der Waals surface area contributed by atoms with E-state index in [1.165, 1.54) is 23.9 Å². The molecule has 0 fully saturated rings. The molecule has 0 atom stereocenters. The third-order valence-corrected chi connectivity index (χ3v) is 2.78. The fourth-order valence-electron chi connectivity index (χ4n) is 0.854. The van der Waals surface area contributed by atoms with E-state index in [-0.39, 0.29) is 17.2 Å². The molecule has 0 saturated carbocycles. The van der Waals surface area contributed by atoms with Gasteiger partial charge in [-0.15, -0.1) is 11.8 Å². The Labute approximate surface area is 82.0 Å². The van der Waals surface area contributed by atoms with Gasteiger partial charge in [0.2, 0.25) is 0 Å². The number of thioether (sulfide) groups is 1. The lowest BCUT2D eigenvalue weighted by atomic mass is 10.2. The van der Waals surface area contributed by atoms with Gasteiger partial charge in [-0.25, -0.2) is 4.39 Å². The SMILES string of the molecule is CC(C)(CO)Sc1ccc(F)cc1. The van der Waals surface area contributed by atoms with Crippen LogP contribution >= 0.6 is 11.8 Å². The molecule has 0 aliphatic heterocycles. The molecular weight excluding hydrogens is 187 g/mol. The Morgan fingerprint density at radius 2 is 1.85 bits per heavy atom. The Morgan fingerprint density at radius 1 is 1.31 bits per heavy atom. The molecule has 3 heteroatoms. The van der Waals surface area contributed by atoms with Crippen molar-refractivity contribution in [2.45, 2.75) is 23.5 Å². The molecule has 0 aromatic heterocycles. The van der Waals surface area contributed by atoms with Gasteiger partial charge in [-0.05, 0) is 38.1 Å². The number of benzene rings is 1. The summed E-state index contributed by atoms with van der Waals surface area (Å²) in [6.07, 6.45) is 0. The zero-order valence-corrected chi connectivity index (χ0v) is 8.57. The summed E-state index contributed by atoms with van der Waals surface area (Å²) in [5.74, 6) is -0.230. The molecule has 0 bridgehead atoms. The second-order valence-electron chi connectivity index (χ2n) is 3.47. The van der Waals surface area contributed by atoms with Crippen molar-refractivity contribution in [3.63, 3.8) is 0 Å². The number of aliphatic hydroxyl groups excluding tert-OH is 1. The molecule has 1 rings (SSSR count). The van der Waals surface area contributed by atoms with E-state index in [0.717, 1.165) is 4.90 Å². The highest BCUT2D eigenvalue weighted by Crippen LogP contribution is 2.31. The first-order valence-electron chi connectivity index (χ1n) is 4.09. The largest absolute Gasteiger partial charge is 0.395 e. The average Bonchev–Trinajstić information content (AvgIpc) is 2.09. The average molecular weight is 200 g/mol. The summed E-state index contributed by atoms with van der Waals surface area (Å²) in [4.78, 5) is 0.973. The third kappa shape index (κ3) is 3.36. The Hall–Kier alpha value is -0.540. The molecule has 1 N–H and O–H groups in total. The molecule has 0 saturated heterocycles. The van der Waals surface area contributed by atoms with Gasteiger partial charge in [0.05, 0.1) is 6.61 Å². The predicted octanol–water partition coefficient (Wildman–Crippen LogP) is 2.69. The summed E-state index contributed by atoms with van der Waals surface area (Å²) < 4.78 is 12.3. The monoisotopic (exact) mass is 200 g/mol. The first-order chi connectivity index (χ1) is 6.03. The van der Waals surface area contributed by atoms with Gasteiger partial charge in [-0.3, -0.25) is 0 Å². The lowest BCUT2D eigenvalue weighted by Gasteiger charge is -2.20. The molecule has 0 spiro atoms. The number of hydrogen-bond donors (Lipinski definition) is 1. The zero-order chi connectivity index (χ0) is 9.90. The van der Waals surface area contributed by atoms with E-state index < -0.39 is 0 Å². The highest BCUT2D eigenvalue weighted by atomic mass is 32.2. The second-order valence-corrected chi connectivity index (χ2v) is 5.25. The summed E-state index contributed by atoms with van der Waals surface area (Å²) >= 11 is 1.54. The Kier molecular flexibility index (Phi) is 3.33. The first-order valence-corrected chi connectivity index (χ1v) is 4.90. The Bertz CT molecular complexity index is 269. The van der Waals surface area contributed by atoms with E-state index in [1.807, 2.05) is 13.8 Å². The van der Waals surface area contributed by atoms with Crippen LogP contribution in [0, 0.1) is 5.82 Å². The van der Waals surface area contributed by atoms with E-state index in [1.54, 1.807) is 12.1 Å². The van der Waals surface area contributed by atoms with Gasteiger partial charge in [-0.1, -0.05) is 0 Å². The minimum absolute atomic E-state index is 0.106. The first kappa shape index (κ1) is 10.5. The fourth-order valence-corrected chi connectivity index (χ4v) is 1.83. The highest BCUT2D eigenvalue weighted by Gasteiger charge is 2.17. The van der Waals surface area contributed by atoms with Crippen LogP contribution in [-0.2, 0) is 0 Å². The predicted molar refractivity (Wildman–Crippen MR) is 53.4 cm³/mol. The number of halogens is 1. The third-order valence-electron chi connectivity index (χ3n) is 1.59. The quantitative estimate of drug-likeness (QED) is 0.757. The Balaban J connectivity index is 2.69. The summed E-state index contributed by atoms with van der Waals surface area (Å²) in [5.41, 5.74) is 0. The van der Waals surface area contributed by atoms with Gasteiger partial charge in [0.25, 0.3) is 0 Å². The van der Waals surface area contributed by atoms with Gasteiger partial charge in [-0.2, -0.15) is 0 Å². The minimum Gasteiger partial charge on any atom is -0.395 e. The van der Waals surface area contributed by atoms with Crippen molar-refractivity contribution in [2.75, 3.05) is 6.61 Å². The number of rotatable bonds is 3. The summed E-state index contributed by atoms with van der Waals surface area (Å²) in [7, 11) is 0. The van der Waals surface area contributed by atoms with Crippen LogP contribution in [0.1, 0.15) is 13.8 Å². The molecule has 72 valence electrons. The van der Waals surface area contributed by atoms with Crippen molar-refractivity contribution < 1.29 is 9.50 Å². The van der Waals surface area contributed by atoms with Crippen molar-refractivity contribution in [1.29, 1.82) is 0 Å². The van der Waals surface area contributed by atoms with Gasteiger partial charge in [0, 0.05) is 9.64 Å². The van der Waals surface area contributed by atoms with Crippen LogP contribution in [0.3, 0.4) is 0 Å². The van der Waals surface area contributed by atoms with E-state index in [9.17, 15) is 4.39 Å². The molecule has 13 heavy (non-hydrogen) atoms. The standard InChI is InChI=1S/C10H13FOS/c1-10(2,7-12)13-9-5-3-8(11)4-6-9/h3-6,12H,7H2,1-2H3. The fraction of sp³-hybridized carbons (Fsp3) is 0.400. The van der Waals surface area contributed by atoms with E-state index in [2.05, 4.69) is 0 Å². The number of hydrogen-bond acceptors (Lipinski definition) is 2. The van der Waals surface area contributed by atoms with Crippen molar-refractivity contribution in [1.82, 2.24) is 0 Å². The van der Waals surface area contributed by atoms with Crippen LogP contribution < -0.4 is 0 Å². The highest BCUT2D eigenvalue weighted by molar-refractivity contribution is 8.00. The summed E-state index contributed by atoms with van der Waals surface area (Å²) in [6.45, 7) is 4.00. The van der Waals surface area contributed by atoms with Crippen LogP contribution in [0.2, 0.25) is 0 Å². The molecule has 0 amide bonds. The van der Waals surface area contributed by atoms with E-state index >= 15 is 0 Å². The molecule has 1 aromatic rings. The lowest BCUT2D eigenvalue weighted by Crippen LogP contribution is -2.19. The molecule has 0 radical (unpaired) electrons. The summed E-state index contributed by atoms with van der Waals surface area (Å²) in [5, 5.41) is 9.02. The van der Waals surface area contributed by atoms with Crippen molar-refractivity contribution in [3.8, 4) is 0 Å². The van der Waals surface area contributed by atoms with Gasteiger partial charge in [0.1, 0.15) is 5.82 Å². The maximum atomic E-state index is 12.5. The lowest BCUT2D eigenvalue weighted by molar-refractivity contribution is 0.265. The van der Waals surface area contributed by atoms with Crippen LogP contribution in [-0.4, -0.2) is 16.5 Å². The smallest absolute Gasteiger partial charge is 0.123 e. The molecular formula is C10H13FOS. The van der Waals surface area contributed by atoms with Gasteiger partial charge >= 0.3 is 0 Å². The maximum Gasteiger partial charge on any atom is 0.123 e. The number of aliphatic hydroxyl groups is 1. The zero-order valence-electron chi connectivity index (χ0n) is 7.75. The van der Waals surface area contributed by atoms with Crippen molar-refractivity contribution in [3.05, 3.63) is 30.1 Å². The minimum atomic E-state index is -0.230. The van der Waals surface area contributed by atoms with E-state index in [4.69, 9.17) is 5.11 Å². The topological polar surface area (TPSA) is 20.2 Å². The van der Waals surface area contributed by atoms with Crippen LogP contribution in [0.25, 0.3) is 0 Å². The second kappa shape index (κ2) is 4.11. The van der Waals surface area contributed by atoms with Gasteiger partial charge in [0.15, 0.2) is 0 Å². The normalized spacial score (nSPS) is 11.7. The Morgan fingerprint density at radius 3 is 2.31 bits per heavy atom. The molecule has 0 unspecified atom stereocenters. The van der Waals surface area contributed by atoms with Gasteiger partial charge < -0.3 is 5.11 Å². The van der Waals surface area contributed by atoms with E-state index in [0.29, 0.717) is 0 Å². The molecule has 0 heterocycles. The maximum absolute atomic E-state index is 12.5. The molecule has 1 aromatic carbocycles. The van der Waals surface area contributed by atoms with Crippen LogP contribution in [0.15, 0.2) is 29.2 Å². The summed E-state index contributed by atoms with van der Waals surface area (Å²) in [6, 6.07) is 6.29. The molecule has 0 aliphatic carbocycles. The molecule has 1 nitrogen and oxygen atoms in total. The van der Waals surface area contributed by atoms with Crippen LogP contribution in [0.5, 0.6) is 0 Å².